The quantitative estimate of drug-likeness (QED) is 0.626. The first-order chi connectivity index (χ1) is 5.95. The topological polar surface area (TPSA) is 51.0 Å². The molecule has 4 nitrogen and oxygen atoms in total. The molecule has 0 aliphatic carbocycles. The molecule has 0 saturated carbocycles. The van der Waals surface area contributed by atoms with Crippen LogP contribution in [0.5, 0.6) is 0 Å². The van der Waals surface area contributed by atoms with Crippen molar-refractivity contribution in [1.82, 2.24) is 0 Å². The van der Waals surface area contributed by atoms with E-state index < -0.39 is 0 Å². The second-order valence-corrected chi connectivity index (χ2v) is 2.10. The molecule has 0 aliphatic heterocycles. The Hall–Kier alpha value is -1.45. The molecule has 2 aromatic heterocycles. The molecule has 0 radical (unpaired) electrons. The summed E-state index contributed by atoms with van der Waals surface area (Å²) < 4.78 is 9.86. The molecule has 0 aliphatic rings. The van der Waals surface area contributed by atoms with Crippen molar-refractivity contribution in [3.05, 3.63) is 24.1 Å². The molecule has 12 heavy (non-hydrogen) atoms. The van der Waals surface area contributed by atoms with E-state index in [2.05, 4.69) is 10.2 Å². The average Bonchev–Trinajstić information content (AvgIpc) is 2.74. The van der Waals surface area contributed by atoms with Crippen molar-refractivity contribution in [2.45, 2.75) is 0 Å². The van der Waals surface area contributed by atoms with Gasteiger partial charge in [-0.25, -0.2) is 0 Å². The standard InChI is InChI=1S/C6H4B2N2O2/c1-3-7-11-5(1)9-10-6-2-4-8-12-6/h1-4H. The third kappa shape index (κ3) is 1.58. The predicted octanol–water partition coefficient (Wildman–Crippen LogP) is 1.96. The first-order valence-electron chi connectivity index (χ1n) is 3.44. The van der Waals surface area contributed by atoms with Crippen molar-refractivity contribution in [3.63, 3.8) is 0 Å². The number of azo groups is 1. The fourth-order valence-electron chi connectivity index (χ4n) is 0.752. The summed E-state index contributed by atoms with van der Waals surface area (Å²) >= 11 is 0. The summed E-state index contributed by atoms with van der Waals surface area (Å²) in [5.41, 5.74) is 0. The average molecular weight is 158 g/mol. The van der Waals surface area contributed by atoms with E-state index in [4.69, 9.17) is 8.66 Å². The minimum atomic E-state index is 0.464. The molecule has 0 bridgehead atoms. The van der Waals surface area contributed by atoms with Crippen LogP contribution in [0.4, 0.5) is 11.8 Å². The molecule has 2 aromatic rings. The van der Waals surface area contributed by atoms with Crippen LogP contribution in [0.2, 0.25) is 0 Å². The first kappa shape index (κ1) is 7.21. The summed E-state index contributed by atoms with van der Waals surface area (Å²) in [5.74, 6) is 4.42. The van der Waals surface area contributed by atoms with Crippen LogP contribution in [0.1, 0.15) is 0 Å². The van der Waals surface area contributed by atoms with E-state index >= 15 is 0 Å². The van der Waals surface area contributed by atoms with Crippen molar-refractivity contribution < 1.29 is 8.66 Å². The van der Waals surface area contributed by atoms with Crippen LogP contribution < -0.4 is 0 Å². The van der Waals surface area contributed by atoms with Crippen molar-refractivity contribution in [2.24, 2.45) is 10.2 Å². The molecule has 0 N–H and O–H groups in total. The van der Waals surface area contributed by atoms with Crippen LogP contribution in [0, 0.1) is 0 Å². The van der Waals surface area contributed by atoms with Gasteiger partial charge in [0.1, 0.15) is 0 Å². The van der Waals surface area contributed by atoms with Gasteiger partial charge in [-0.2, -0.15) is 0 Å². The van der Waals surface area contributed by atoms with Crippen molar-refractivity contribution >= 4 is 26.0 Å². The molecule has 2 heterocycles. The number of nitrogens with zero attached hydrogens (tertiary/aromatic N) is 2. The van der Waals surface area contributed by atoms with Gasteiger partial charge in [-0.3, -0.25) is 0 Å². The van der Waals surface area contributed by atoms with E-state index in [0.29, 0.717) is 11.8 Å². The molecule has 0 saturated heterocycles. The minimum absolute atomic E-state index is 0.464. The van der Waals surface area contributed by atoms with Gasteiger partial charge in [0.15, 0.2) is 0 Å². The fourth-order valence-corrected chi connectivity index (χ4v) is 0.752. The van der Waals surface area contributed by atoms with Crippen LogP contribution in [0.25, 0.3) is 0 Å². The molecule has 0 fully saturated rings. The van der Waals surface area contributed by atoms with Crippen LogP contribution in [0.15, 0.2) is 42.9 Å². The van der Waals surface area contributed by atoms with Gasteiger partial charge >= 0.3 is 69.0 Å². The number of hydrogen-bond donors (Lipinski definition) is 0. The van der Waals surface area contributed by atoms with Crippen molar-refractivity contribution in [1.29, 1.82) is 0 Å². The molecular formula is C6H4B2N2O2. The second-order valence-electron chi connectivity index (χ2n) is 2.10. The maximum atomic E-state index is 4.93. The van der Waals surface area contributed by atoms with Gasteiger partial charge in [0.2, 0.25) is 0 Å². The van der Waals surface area contributed by atoms with Gasteiger partial charge in [-0.15, -0.1) is 0 Å². The molecule has 56 valence electrons. The first-order valence-corrected chi connectivity index (χ1v) is 3.44. The molecule has 0 amide bonds. The van der Waals surface area contributed by atoms with Gasteiger partial charge < -0.3 is 0 Å². The van der Waals surface area contributed by atoms with Gasteiger partial charge in [-0.1, -0.05) is 0 Å². The Balaban J connectivity index is 2.14. The molecule has 0 atom stereocenters. The summed E-state index contributed by atoms with van der Waals surface area (Å²) in [4.78, 5) is 0. The van der Waals surface area contributed by atoms with E-state index in [-0.39, 0.29) is 0 Å². The van der Waals surface area contributed by atoms with Crippen LogP contribution >= 0.6 is 0 Å². The third-order valence-corrected chi connectivity index (χ3v) is 1.26. The van der Waals surface area contributed by atoms with E-state index in [0.717, 1.165) is 0 Å². The predicted molar refractivity (Wildman–Crippen MR) is 44.3 cm³/mol. The SMILES string of the molecule is b1ccc(N=Nc2ccbo2)o1. The van der Waals surface area contributed by atoms with E-state index in [9.17, 15) is 0 Å². The maximum absolute atomic E-state index is 4.93. The summed E-state index contributed by atoms with van der Waals surface area (Å²) in [6.45, 7) is 0. The van der Waals surface area contributed by atoms with Crippen molar-refractivity contribution in [3.8, 4) is 0 Å². The molecular weight excluding hydrogens is 154 g/mol. The summed E-state index contributed by atoms with van der Waals surface area (Å²) in [6.07, 6.45) is 0. The molecule has 0 spiro atoms. The Morgan fingerprint density at radius 1 is 0.917 bits per heavy atom. The van der Waals surface area contributed by atoms with Crippen LogP contribution in [0.3, 0.4) is 0 Å². The van der Waals surface area contributed by atoms with E-state index in [1.165, 1.54) is 14.3 Å². The van der Waals surface area contributed by atoms with Crippen molar-refractivity contribution in [2.75, 3.05) is 0 Å². The monoisotopic (exact) mass is 158 g/mol. The molecule has 0 aromatic carbocycles. The Bertz CT molecular complexity index is 319. The second kappa shape index (κ2) is 3.30. The third-order valence-electron chi connectivity index (χ3n) is 1.26. The zero-order chi connectivity index (χ0) is 8.23. The Kier molecular flexibility index (Phi) is 1.98. The summed E-state index contributed by atoms with van der Waals surface area (Å²) in [6, 6.07) is 3.43. The van der Waals surface area contributed by atoms with Crippen LogP contribution in [-0.2, 0) is 0 Å². The van der Waals surface area contributed by atoms with Gasteiger partial charge in [0.05, 0.1) is 0 Å². The Morgan fingerprint density at radius 2 is 1.42 bits per heavy atom. The van der Waals surface area contributed by atoms with E-state index in [1.54, 1.807) is 24.1 Å². The number of rotatable bonds is 2. The summed E-state index contributed by atoms with van der Waals surface area (Å²) in [7, 11) is 3.08. The molecule has 6 heteroatoms. The summed E-state index contributed by atoms with van der Waals surface area (Å²) in [5, 5.41) is 7.55. The van der Waals surface area contributed by atoms with Crippen LogP contribution in [-0.4, -0.2) is 14.3 Å². The van der Waals surface area contributed by atoms with Gasteiger partial charge in [-0.05, 0) is 0 Å². The van der Waals surface area contributed by atoms with Gasteiger partial charge in [0.25, 0.3) is 0 Å². The Morgan fingerprint density at radius 3 is 1.75 bits per heavy atom. The molecule has 0 unspecified atom stereocenters. The number of hydrogen-bond acceptors (Lipinski definition) is 4. The zero-order valence-corrected chi connectivity index (χ0v) is 6.18. The molecule has 2 rings (SSSR count). The van der Waals surface area contributed by atoms with Gasteiger partial charge in [0, 0.05) is 0 Å². The zero-order valence-electron chi connectivity index (χ0n) is 6.18. The van der Waals surface area contributed by atoms with E-state index in [1.807, 2.05) is 0 Å². The normalized spacial score (nSPS) is 10.3. The Labute approximate surface area is 69.8 Å². The fraction of sp³-hybridized carbons (Fsp3) is 0.